The molecule has 22 heavy (non-hydrogen) atoms. The molecule has 0 spiro atoms. The van der Waals surface area contributed by atoms with E-state index in [4.69, 9.17) is 4.74 Å². The molecule has 0 aliphatic heterocycles. The van der Waals surface area contributed by atoms with Crippen molar-refractivity contribution in [2.75, 3.05) is 6.61 Å². The summed E-state index contributed by atoms with van der Waals surface area (Å²) in [6.07, 6.45) is 8.90. The van der Waals surface area contributed by atoms with Crippen LogP contribution in [0, 0.1) is 5.92 Å². The molecule has 0 amide bonds. The largest absolute Gasteiger partial charge is 0.494 e. The van der Waals surface area contributed by atoms with E-state index in [-0.39, 0.29) is 5.92 Å². The van der Waals surface area contributed by atoms with Gasteiger partial charge in [-0.1, -0.05) is 51.7 Å². The number of ether oxygens (including phenoxy) is 1. The Morgan fingerprint density at radius 2 is 1.82 bits per heavy atom. The normalized spacial score (nSPS) is 21.8. The van der Waals surface area contributed by atoms with Gasteiger partial charge in [0.15, 0.2) is 0 Å². The van der Waals surface area contributed by atoms with E-state index < -0.39 is 0 Å². The van der Waals surface area contributed by atoms with Crippen LogP contribution in [0.25, 0.3) is 0 Å². The Kier molecular flexibility index (Phi) is 6.95. The Labute approximate surface area is 135 Å². The quantitative estimate of drug-likeness (QED) is 0.592. The van der Waals surface area contributed by atoms with Crippen LogP contribution in [0.4, 0.5) is 0 Å². The molecule has 1 fully saturated rings. The van der Waals surface area contributed by atoms with Crippen LogP contribution in [0.2, 0.25) is 0 Å². The molecule has 2 rings (SSSR count). The molecule has 0 heterocycles. The number of hydrogen-bond acceptors (Lipinski definition) is 2. The minimum Gasteiger partial charge on any atom is -0.494 e. The van der Waals surface area contributed by atoms with Crippen molar-refractivity contribution < 1.29 is 9.53 Å². The number of Topliss-reactive ketones (excluding diaryl/α,β-unsaturated/α-hetero) is 1. The van der Waals surface area contributed by atoms with Crippen LogP contribution in [0.3, 0.4) is 0 Å². The fourth-order valence-electron chi connectivity index (χ4n) is 3.44. The topological polar surface area (TPSA) is 26.3 Å². The third-order valence-electron chi connectivity index (χ3n) is 4.74. The lowest BCUT2D eigenvalue weighted by Crippen LogP contribution is -2.23. The first-order chi connectivity index (χ1) is 10.7. The van der Waals surface area contributed by atoms with Gasteiger partial charge >= 0.3 is 0 Å². The Morgan fingerprint density at radius 1 is 1.05 bits per heavy atom. The van der Waals surface area contributed by atoms with E-state index in [0.717, 1.165) is 31.6 Å². The Balaban J connectivity index is 1.86. The predicted octanol–water partition coefficient (Wildman–Crippen LogP) is 5.51. The predicted molar refractivity (Wildman–Crippen MR) is 91.5 cm³/mol. The summed E-state index contributed by atoms with van der Waals surface area (Å²) < 4.78 is 5.74. The lowest BCUT2D eigenvalue weighted by atomic mass is 9.76. The molecule has 1 aliphatic carbocycles. The van der Waals surface area contributed by atoms with Crippen LogP contribution in [0.5, 0.6) is 5.75 Å². The highest BCUT2D eigenvalue weighted by Gasteiger charge is 2.29. The SMILES string of the molecule is CCCCCOc1ccc([C@H]2CC[C@H](CCC)CC2=O)cc1. The van der Waals surface area contributed by atoms with Gasteiger partial charge in [0.2, 0.25) is 0 Å². The van der Waals surface area contributed by atoms with Crippen molar-refractivity contribution in [1.29, 1.82) is 0 Å². The third kappa shape index (κ3) is 4.86. The molecule has 0 saturated heterocycles. The number of carbonyl (C=O) groups is 1. The van der Waals surface area contributed by atoms with Gasteiger partial charge < -0.3 is 4.74 Å². The molecular weight excluding hydrogens is 272 g/mol. The van der Waals surface area contributed by atoms with E-state index in [9.17, 15) is 4.79 Å². The monoisotopic (exact) mass is 302 g/mol. The number of benzene rings is 1. The maximum atomic E-state index is 12.4. The molecule has 1 aromatic carbocycles. The summed E-state index contributed by atoms with van der Waals surface area (Å²) in [5.74, 6) is 2.09. The zero-order valence-electron chi connectivity index (χ0n) is 14.1. The first kappa shape index (κ1) is 17.1. The van der Waals surface area contributed by atoms with Gasteiger partial charge in [0, 0.05) is 12.3 Å². The zero-order chi connectivity index (χ0) is 15.8. The van der Waals surface area contributed by atoms with Crippen molar-refractivity contribution in [2.24, 2.45) is 5.92 Å². The fraction of sp³-hybridized carbons (Fsp3) is 0.650. The molecule has 2 nitrogen and oxygen atoms in total. The average molecular weight is 302 g/mol. The van der Waals surface area contributed by atoms with Gasteiger partial charge in [-0.15, -0.1) is 0 Å². The summed E-state index contributed by atoms with van der Waals surface area (Å²) in [7, 11) is 0. The molecule has 1 aliphatic rings. The molecule has 0 N–H and O–H groups in total. The summed E-state index contributed by atoms with van der Waals surface area (Å²) in [4.78, 5) is 12.4. The van der Waals surface area contributed by atoms with E-state index >= 15 is 0 Å². The van der Waals surface area contributed by atoms with Crippen molar-refractivity contribution in [2.45, 2.75) is 71.1 Å². The minimum absolute atomic E-state index is 0.113. The Morgan fingerprint density at radius 3 is 2.45 bits per heavy atom. The first-order valence-electron chi connectivity index (χ1n) is 9.00. The van der Waals surface area contributed by atoms with E-state index in [1.807, 2.05) is 12.1 Å². The third-order valence-corrected chi connectivity index (χ3v) is 4.74. The molecule has 0 unspecified atom stereocenters. The number of hydrogen-bond donors (Lipinski definition) is 0. The van der Waals surface area contributed by atoms with Gasteiger partial charge in [-0.25, -0.2) is 0 Å². The lowest BCUT2D eigenvalue weighted by Gasteiger charge is -2.27. The maximum Gasteiger partial charge on any atom is 0.140 e. The van der Waals surface area contributed by atoms with Crippen LogP contribution in [0.15, 0.2) is 24.3 Å². The van der Waals surface area contributed by atoms with Gasteiger partial charge in [0.1, 0.15) is 11.5 Å². The highest BCUT2D eigenvalue weighted by atomic mass is 16.5. The lowest BCUT2D eigenvalue weighted by molar-refractivity contribution is -0.123. The smallest absolute Gasteiger partial charge is 0.140 e. The summed E-state index contributed by atoms with van der Waals surface area (Å²) in [5, 5.41) is 0. The summed E-state index contributed by atoms with van der Waals surface area (Å²) in [6, 6.07) is 8.20. The zero-order valence-corrected chi connectivity index (χ0v) is 14.1. The van der Waals surface area contributed by atoms with Gasteiger partial charge in [0.05, 0.1) is 6.61 Å². The molecular formula is C20H30O2. The highest BCUT2D eigenvalue weighted by molar-refractivity contribution is 5.86. The van der Waals surface area contributed by atoms with Crippen molar-refractivity contribution in [3.8, 4) is 5.75 Å². The number of unbranched alkanes of at least 4 members (excludes halogenated alkanes) is 2. The summed E-state index contributed by atoms with van der Waals surface area (Å²) in [6.45, 7) is 5.19. The molecule has 1 aromatic rings. The Hall–Kier alpha value is -1.31. The Bertz CT molecular complexity index is 449. The van der Waals surface area contributed by atoms with Crippen LogP contribution in [-0.4, -0.2) is 12.4 Å². The first-order valence-corrected chi connectivity index (χ1v) is 9.00. The molecule has 0 bridgehead atoms. The van der Waals surface area contributed by atoms with Crippen LogP contribution < -0.4 is 4.74 Å². The van der Waals surface area contributed by atoms with Gasteiger partial charge in [-0.3, -0.25) is 4.79 Å². The van der Waals surface area contributed by atoms with Gasteiger partial charge in [0.25, 0.3) is 0 Å². The highest BCUT2D eigenvalue weighted by Crippen LogP contribution is 2.35. The van der Waals surface area contributed by atoms with Crippen LogP contribution >= 0.6 is 0 Å². The number of carbonyl (C=O) groups excluding carboxylic acids is 1. The fourth-order valence-corrected chi connectivity index (χ4v) is 3.44. The molecule has 122 valence electrons. The molecule has 2 heteroatoms. The minimum atomic E-state index is 0.113. The van der Waals surface area contributed by atoms with E-state index in [2.05, 4.69) is 26.0 Å². The molecule has 2 atom stereocenters. The van der Waals surface area contributed by atoms with Crippen molar-refractivity contribution in [3.05, 3.63) is 29.8 Å². The van der Waals surface area contributed by atoms with Crippen molar-refractivity contribution in [1.82, 2.24) is 0 Å². The second-order valence-corrected chi connectivity index (χ2v) is 6.58. The van der Waals surface area contributed by atoms with Crippen LogP contribution in [-0.2, 0) is 4.79 Å². The number of rotatable bonds is 8. The molecule has 0 radical (unpaired) electrons. The van der Waals surface area contributed by atoms with Crippen molar-refractivity contribution >= 4 is 5.78 Å². The number of ketones is 1. The summed E-state index contributed by atoms with van der Waals surface area (Å²) in [5.41, 5.74) is 1.17. The van der Waals surface area contributed by atoms with E-state index in [1.165, 1.54) is 37.7 Å². The van der Waals surface area contributed by atoms with Gasteiger partial charge in [-0.2, -0.15) is 0 Å². The van der Waals surface area contributed by atoms with E-state index in [1.54, 1.807) is 0 Å². The summed E-state index contributed by atoms with van der Waals surface area (Å²) >= 11 is 0. The van der Waals surface area contributed by atoms with Crippen LogP contribution in [0.1, 0.15) is 76.7 Å². The maximum absolute atomic E-state index is 12.4. The van der Waals surface area contributed by atoms with Crippen molar-refractivity contribution in [3.63, 3.8) is 0 Å². The second-order valence-electron chi connectivity index (χ2n) is 6.58. The second kappa shape index (κ2) is 8.97. The van der Waals surface area contributed by atoms with E-state index in [0.29, 0.717) is 11.7 Å². The molecule has 1 saturated carbocycles. The average Bonchev–Trinajstić information content (AvgIpc) is 2.53. The van der Waals surface area contributed by atoms with Gasteiger partial charge in [-0.05, 0) is 42.9 Å². The molecule has 0 aromatic heterocycles. The standard InChI is InChI=1S/C20H30O2/c1-3-5-6-14-22-18-11-9-17(10-12-18)19-13-8-16(7-4-2)15-20(19)21/h9-12,16,19H,3-8,13-15H2,1-2H3/t16-,19+/m0/s1.